The summed E-state index contributed by atoms with van der Waals surface area (Å²) in [7, 11) is 0. The van der Waals surface area contributed by atoms with Crippen molar-refractivity contribution in [3.8, 4) is 0 Å². The molecular formula is C14H26N8. The van der Waals surface area contributed by atoms with Gasteiger partial charge in [-0.2, -0.15) is 0 Å². The smallest absolute Gasteiger partial charge is 0.134 e. The van der Waals surface area contributed by atoms with Gasteiger partial charge in [0, 0.05) is 56.4 Å². The Labute approximate surface area is 130 Å². The fourth-order valence-corrected chi connectivity index (χ4v) is 3.41. The van der Waals surface area contributed by atoms with Crippen LogP contribution in [-0.2, 0) is 0 Å². The van der Waals surface area contributed by atoms with Gasteiger partial charge in [0.25, 0.3) is 0 Å². The molecule has 3 rings (SSSR count). The Morgan fingerprint density at radius 3 is 1.45 bits per heavy atom. The van der Waals surface area contributed by atoms with E-state index in [0.29, 0.717) is 0 Å². The number of nitrogens with zero attached hydrogens (tertiary/aromatic N) is 4. The summed E-state index contributed by atoms with van der Waals surface area (Å²) in [5.74, 6) is 1.73. The third kappa shape index (κ3) is 3.46. The first-order valence-corrected chi connectivity index (χ1v) is 7.85. The van der Waals surface area contributed by atoms with E-state index in [2.05, 4.69) is 19.8 Å². The van der Waals surface area contributed by atoms with Gasteiger partial charge in [0.05, 0.1) is 0 Å². The van der Waals surface area contributed by atoms with Gasteiger partial charge < -0.3 is 32.7 Å². The largest absolute Gasteiger partial charge is 0.353 e. The van der Waals surface area contributed by atoms with Gasteiger partial charge in [0.15, 0.2) is 0 Å². The second kappa shape index (κ2) is 6.33. The van der Waals surface area contributed by atoms with Crippen molar-refractivity contribution in [2.24, 2.45) is 22.9 Å². The van der Waals surface area contributed by atoms with Crippen LogP contribution in [0.5, 0.6) is 0 Å². The van der Waals surface area contributed by atoms with Gasteiger partial charge in [-0.1, -0.05) is 0 Å². The molecule has 8 N–H and O–H groups in total. The lowest BCUT2D eigenvalue weighted by atomic mass is 10.0. The Morgan fingerprint density at radius 2 is 1.09 bits per heavy atom. The number of hydrogen-bond donors (Lipinski definition) is 4. The number of nitrogens with two attached hydrogens (primary N) is 4. The summed E-state index contributed by atoms with van der Waals surface area (Å²) < 4.78 is 0. The fourth-order valence-electron chi connectivity index (χ4n) is 3.41. The van der Waals surface area contributed by atoms with Crippen molar-refractivity contribution in [3.05, 3.63) is 12.4 Å². The molecule has 2 aliphatic heterocycles. The summed E-state index contributed by atoms with van der Waals surface area (Å²) >= 11 is 0. The summed E-state index contributed by atoms with van der Waals surface area (Å²) in [6.45, 7) is 3.07. The summed E-state index contributed by atoms with van der Waals surface area (Å²) in [5, 5.41) is 0. The molecular weight excluding hydrogens is 280 g/mol. The molecule has 0 unspecified atom stereocenters. The summed E-state index contributed by atoms with van der Waals surface area (Å²) in [6, 6.07) is 2.31. The van der Waals surface area contributed by atoms with Crippen molar-refractivity contribution < 1.29 is 0 Å². The van der Waals surface area contributed by atoms with Crippen molar-refractivity contribution in [1.82, 2.24) is 9.97 Å². The Bertz CT molecular complexity index is 448. The first-order chi connectivity index (χ1) is 10.5. The molecule has 2 fully saturated rings. The highest BCUT2D eigenvalue weighted by molar-refractivity contribution is 5.51. The zero-order valence-corrected chi connectivity index (χ0v) is 12.8. The zero-order valence-electron chi connectivity index (χ0n) is 12.8. The van der Waals surface area contributed by atoms with Gasteiger partial charge in [0.2, 0.25) is 0 Å². The lowest BCUT2D eigenvalue weighted by Gasteiger charge is -2.37. The lowest BCUT2D eigenvalue weighted by molar-refractivity contribution is 0.446. The van der Waals surface area contributed by atoms with E-state index in [1.165, 1.54) is 0 Å². The quantitative estimate of drug-likeness (QED) is 0.503. The molecule has 3 heterocycles. The molecule has 0 saturated carbocycles. The Kier molecular flexibility index (Phi) is 4.44. The second-order valence-electron chi connectivity index (χ2n) is 6.56. The molecule has 1 aromatic rings. The molecule has 2 aliphatic rings. The monoisotopic (exact) mass is 306 g/mol. The van der Waals surface area contributed by atoms with E-state index in [4.69, 9.17) is 22.9 Å². The molecule has 8 heteroatoms. The van der Waals surface area contributed by atoms with Crippen LogP contribution in [0, 0.1) is 0 Å². The van der Waals surface area contributed by atoms with E-state index in [9.17, 15) is 0 Å². The van der Waals surface area contributed by atoms with Crippen LogP contribution in [0.3, 0.4) is 0 Å². The molecule has 8 nitrogen and oxygen atoms in total. The molecule has 1 aromatic heterocycles. The maximum Gasteiger partial charge on any atom is 0.134 e. The second-order valence-corrected chi connectivity index (χ2v) is 6.56. The van der Waals surface area contributed by atoms with Gasteiger partial charge in [-0.15, -0.1) is 0 Å². The van der Waals surface area contributed by atoms with Crippen molar-refractivity contribution in [1.29, 1.82) is 0 Å². The SMILES string of the molecule is N[C@@H]1C[C@H](N)CN(c2cc(N3C[C@H](N)C[C@H](N)C3)ncn2)C1. The maximum atomic E-state index is 6.06. The highest BCUT2D eigenvalue weighted by atomic mass is 15.3. The first-order valence-electron chi connectivity index (χ1n) is 7.85. The van der Waals surface area contributed by atoms with Crippen molar-refractivity contribution in [3.63, 3.8) is 0 Å². The van der Waals surface area contributed by atoms with Gasteiger partial charge in [-0.05, 0) is 12.8 Å². The predicted octanol–water partition coefficient (Wildman–Crippen LogP) is -1.79. The van der Waals surface area contributed by atoms with E-state index in [-0.39, 0.29) is 24.2 Å². The summed E-state index contributed by atoms with van der Waals surface area (Å²) in [4.78, 5) is 13.0. The third-order valence-electron chi connectivity index (χ3n) is 4.32. The molecule has 4 atom stereocenters. The molecule has 122 valence electrons. The average molecular weight is 306 g/mol. The van der Waals surface area contributed by atoms with Crippen LogP contribution in [0.15, 0.2) is 12.4 Å². The normalized spacial score (nSPS) is 33.1. The molecule has 22 heavy (non-hydrogen) atoms. The van der Waals surface area contributed by atoms with Crippen molar-refractivity contribution in [2.75, 3.05) is 36.0 Å². The molecule has 0 radical (unpaired) electrons. The minimum atomic E-state index is 0.0824. The Balaban J connectivity index is 1.77. The molecule has 0 aromatic carbocycles. The lowest BCUT2D eigenvalue weighted by Crippen LogP contribution is -2.53. The number of anilines is 2. The van der Waals surface area contributed by atoms with E-state index in [1.807, 2.05) is 6.07 Å². The molecule has 2 saturated heterocycles. The molecule has 0 aliphatic carbocycles. The van der Waals surface area contributed by atoms with Gasteiger partial charge in [-0.3, -0.25) is 0 Å². The third-order valence-corrected chi connectivity index (χ3v) is 4.32. The predicted molar refractivity (Wildman–Crippen MR) is 87.6 cm³/mol. The van der Waals surface area contributed by atoms with E-state index < -0.39 is 0 Å². The average Bonchev–Trinajstić information content (AvgIpc) is 2.45. The van der Waals surface area contributed by atoms with E-state index in [0.717, 1.165) is 50.7 Å². The van der Waals surface area contributed by atoms with Gasteiger partial charge in [-0.25, -0.2) is 9.97 Å². The maximum absolute atomic E-state index is 6.06. The number of rotatable bonds is 2. The van der Waals surface area contributed by atoms with Crippen LogP contribution in [-0.4, -0.2) is 60.3 Å². The summed E-state index contributed by atoms with van der Waals surface area (Å²) in [5.41, 5.74) is 24.2. The van der Waals surface area contributed by atoms with Crippen molar-refractivity contribution in [2.45, 2.75) is 37.0 Å². The van der Waals surface area contributed by atoms with Crippen LogP contribution in [0.2, 0.25) is 0 Å². The zero-order chi connectivity index (χ0) is 15.7. The minimum absolute atomic E-state index is 0.0824. The fraction of sp³-hybridized carbons (Fsp3) is 0.714. The number of hydrogen-bond acceptors (Lipinski definition) is 8. The van der Waals surface area contributed by atoms with Gasteiger partial charge in [0.1, 0.15) is 18.0 Å². The summed E-state index contributed by atoms with van der Waals surface area (Å²) in [6.07, 6.45) is 3.29. The highest BCUT2D eigenvalue weighted by Crippen LogP contribution is 2.22. The van der Waals surface area contributed by atoms with Crippen LogP contribution < -0.4 is 32.7 Å². The van der Waals surface area contributed by atoms with Crippen molar-refractivity contribution >= 4 is 11.6 Å². The number of aromatic nitrogens is 2. The Hall–Kier alpha value is -1.48. The van der Waals surface area contributed by atoms with Crippen LogP contribution in [0.4, 0.5) is 11.6 Å². The minimum Gasteiger partial charge on any atom is -0.353 e. The Morgan fingerprint density at radius 1 is 0.727 bits per heavy atom. The highest BCUT2D eigenvalue weighted by Gasteiger charge is 2.26. The molecule has 0 spiro atoms. The molecule has 0 bridgehead atoms. The van der Waals surface area contributed by atoms with E-state index >= 15 is 0 Å². The van der Waals surface area contributed by atoms with Crippen LogP contribution in [0.1, 0.15) is 12.8 Å². The van der Waals surface area contributed by atoms with Crippen LogP contribution in [0.25, 0.3) is 0 Å². The van der Waals surface area contributed by atoms with Gasteiger partial charge >= 0.3 is 0 Å². The first kappa shape index (κ1) is 15.4. The molecule has 0 amide bonds. The van der Waals surface area contributed by atoms with E-state index in [1.54, 1.807) is 6.33 Å². The number of piperidine rings is 2. The standard InChI is InChI=1S/C14H26N8/c15-9-1-10(16)5-21(4-9)13-3-14(20-8-19-13)22-6-11(17)2-12(18)7-22/h3,8-12H,1-2,4-7,15-18H2/t9-,10+,11-,12+. The topological polar surface area (TPSA) is 136 Å². The van der Waals surface area contributed by atoms with Crippen LogP contribution >= 0.6 is 0 Å².